The summed E-state index contributed by atoms with van der Waals surface area (Å²) in [5, 5.41) is 21.2. The summed E-state index contributed by atoms with van der Waals surface area (Å²) in [6.45, 7) is 0. The highest BCUT2D eigenvalue weighted by Crippen LogP contribution is 2.23. The van der Waals surface area contributed by atoms with Gasteiger partial charge in [0.2, 0.25) is 0 Å². The van der Waals surface area contributed by atoms with Gasteiger partial charge in [-0.15, -0.1) is 0 Å². The molecule has 0 fully saturated rings. The Labute approximate surface area is 119 Å². The maximum absolute atomic E-state index is 13.0. The van der Waals surface area contributed by atoms with E-state index in [9.17, 15) is 14.3 Å². The van der Waals surface area contributed by atoms with E-state index in [1.165, 1.54) is 24.3 Å². The summed E-state index contributed by atoms with van der Waals surface area (Å²) in [5.74, 6) is -1.47. The van der Waals surface area contributed by atoms with Crippen molar-refractivity contribution < 1.29 is 14.3 Å². The Hall–Kier alpha value is -2.58. The highest BCUT2D eigenvalue weighted by Gasteiger charge is 2.14. The molecule has 0 unspecified atom stereocenters. The van der Waals surface area contributed by atoms with Crippen LogP contribution in [0, 0.1) is 17.1 Å². The largest absolute Gasteiger partial charge is 0.507 e. The van der Waals surface area contributed by atoms with Crippen LogP contribution < -0.4 is 5.32 Å². The maximum atomic E-state index is 13.0. The van der Waals surface area contributed by atoms with Crippen LogP contribution in [0.25, 0.3) is 0 Å². The summed E-state index contributed by atoms with van der Waals surface area (Å²) >= 11 is 5.75. The fourth-order valence-corrected chi connectivity index (χ4v) is 1.77. The quantitative estimate of drug-likeness (QED) is 0.891. The molecule has 0 saturated heterocycles. The van der Waals surface area contributed by atoms with Gasteiger partial charge in [-0.3, -0.25) is 4.79 Å². The van der Waals surface area contributed by atoms with Crippen molar-refractivity contribution in [2.75, 3.05) is 5.32 Å². The number of phenols is 1. The lowest BCUT2D eigenvalue weighted by Gasteiger charge is -2.08. The van der Waals surface area contributed by atoms with Crippen LogP contribution in [0.4, 0.5) is 10.1 Å². The maximum Gasteiger partial charge on any atom is 0.259 e. The minimum atomic E-state index is -0.645. The zero-order valence-electron chi connectivity index (χ0n) is 10.0. The zero-order valence-corrected chi connectivity index (χ0v) is 10.8. The molecule has 20 heavy (non-hydrogen) atoms. The minimum Gasteiger partial charge on any atom is -0.507 e. The lowest BCUT2D eigenvalue weighted by Crippen LogP contribution is -2.13. The molecule has 4 nitrogen and oxygen atoms in total. The van der Waals surface area contributed by atoms with Crippen LogP contribution in [0.3, 0.4) is 0 Å². The van der Waals surface area contributed by atoms with E-state index in [4.69, 9.17) is 16.9 Å². The molecule has 2 N–H and O–H groups in total. The van der Waals surface area contributed by atoms with Gasteiger partial charge in [-0.2, -0.15) is 5.26 Å². The van der Waals surface area contributed by atoms with Crippen molar-refractivity contribution in [2.24, 2.45) is 0 Å². The fraction of sp³-hybridized carbons (Fsp3) is 0. The van der Waals surface area contributed by atoms with Crippen LogP contribution in [0.15, 0.2) is 36.4 Å². The van der Waals surface area contributed by atoms with E-state index in [0.717, 1.165) is 12.1 Å². The molecule has 0 aliphatic heterocycles. The number of halogens is 2. The van der Waals surface area contributed by atoms with Crippen molar-refractivity contribution in [1.29, 1.82) is 5.26 Å². The topological polar surface area (TPSA) is 73.1 Å². The summed E-state index contributed by atoms with van der Waals surface area (Å²) < 4.78 is 13.0. The van der Waals surface area contributed by atoms with E-state index in [0.29, 0.717) is 0 Å². The fourth-order valence-electron chi connectivity index (χ4n) is 1.60. The van der Waals surface area contributed by atoms with Crippen molar-refractivity contribution in [2.45, 2.75) is 0 Å². The number of nitrogens with one attached hydrogen (secondary N) is 1. The van der Waals surface area contributed by atoms with Crippen LogP contribution in [0.2, 0.25) is 5.02 Å². The summed E-state index contributed by atoms with van der Waals surface area (Å²) in [6.07, 6.45) is 0. The molecule has 0 heterocycles. The first-order chi connectivity index (χ1) is 9.51. The van der Waals surface area contributed by atoms with Gasteiger partial charge >= 0.3 is 0 Å². The SMILES string of the molecule is N#Cc1cc(F)ccc1NC(=O)c1cc(Cl)ccc1O. The van der Waals surface area contributed by atoms with Gasteiger partial charge in [0, 0.05) is 5.02 Å². The van der Waals surface area contributed by atoms with Crippen molar-refractivity contribution in [1.82, 2.24) is 0 Å². The van der Waals surface area contributed by atoms with Crippen LogP contribution in [-0.4, -0.2) is 11.0 Å². The van der Waals surface area contributed by atoms with Gasteiger partial charge in [-0.05, 0) is 36.4 Å². The first kappa shape index (κ1) is 13.8. The molecule has 100 valence electrons. The van der Waals surface area contributed by atoms with E-state index < -0.39 is 11.7 Å². The number of aromatic hydroxyl groups is 1. The Balaban J connectivity index is 2.33. The van der Waals surface area contributed by atoms with Crippen molar-refractivity contribution >= 4 is 23.2 Å². The molecule has 0 aliphatic rings. The Kier molecular flexibility index (Phi) is 3.87. The molecule has 0 aliphatic carbocycles. The zero-order chi connectivity index (χ0) is 14.7. The molecule has 1 amide bonds. The van der Waals surface area contributed by atoms with Gasteiger partial charge < -0.3 is 10.4 Å². The third-order valence-corrected chi connectivity index (χ3v) is 2.79. The van der Waals surface area contributed by atoms with Gasteiger partial charge in [0.15, 0.2) is 0 Å². The number of amides is 1. The van der Waals surface area contributed by atoms with E-state index in [1.54, 1.807) is 6.07 Å². The number of nitrogens with zero attached hydrogens (tertiary/aromatic N) is 1. The minimum absolute atomic E-state index is 0.0140. The lowest BCUT2D eigenvalue weighted by atomic mass is 10.1. The molecular weight excluding hydrogens is 283 g/mol. The second-order valence-corrected chi connectivity index (χ2v) is 4.35. The average molecular weight is 291 g/mol. The van der Waals surface area contributed by atoms with E-state index >= 15 is 0 Å². The van der Waals surface area contributed by atoms with Crippen molar-refractivity contribution in [3.8, 4) is 11.8 Å². The number of hydrogen-bond acceptors (Lipinski definition) is 3. The second kappa shape index (κ2) is 5.59. The Morgan fingerprint density at radius 3 is 2.75 bits per heavy atom. The predicted octanol–water partition coefficient (Wildman–Crippen LogP) is 3.31. The first-order valence-corrected chi connectivity index (χ1v) is 5.88. The number of benzene rings is 2. The van der Waals surface area contributed by atoms with Crippen LogP contribution >= 0.6 is 11.6 Å². The summed E-state index contributed by atoms with van der Waals surface area (Å²) in [7, 11) is 0. The molecule has 2 aromatic rings. The summed E-state index contributed by atoms with van der Waals surface area (Å²) in [4.78, 5) is 12.0. The predicted molar refractivity (Wildman–Crippen MR) is 72.2 cm³/mol. The number of nitriles is 1. The molecule has 0 spiro atoms. The molecule has 0 radical (unpaired) electrons. The first-order valence-electron chi connectivity index (χ1n) is 5.51. The standard InChI is InChI=1S/C14H8ClFN2O2/c15-9-1-4-13(19)11(6-9)14(20)18-12-3-2-10(16)5-8(12)7-17/h1-6,19H,(H,18,20). The molecule has 0 aromatic heterocycles. The van der Waals surface area contributed by atoms with E-state index in [1.807, 2.05) is 0 Å². The van der Waals surface area contributed by atoms with Crippen LogP contribution in [-0.2, 0) is 0 Å². The van der Waals surface area contributed by atoms with Gasteiger partial charge in [-0.1, -0.05) is 11.6 Å². The molecule has 0 saturated carbocycles. The number of rotatable bonds is 2. The molecule has 2 rings (SSSR count). The number of carbonyl (C=O) groups is 1. The normalized spacial score (nSPS) is 9.85. The van der Waals surface area contributed by atoms with Gasteiger partial charge in [0.25, 0.3) is 5.91 Å². The highest BCUT2D eigenvalue weighted by atomic mass is 35.5. The van der Waals surface area contributed by atoms with Crippen LogP contribution in [0.5, 0.6) is 5.75 Å². The second-order valence-electron chi connectivity index (χ2n) is 3.92. The number of phenolic OH excluding ortho intramolecular Hbond substituents is 1. The van der Waals surface area contributed by atoms with E-state index in [-0.39, 0.29) is 27.6 Å². The summed E-state index contributed by atoms with van der Waals surface area (Å²) in [5.41, 5.74) is 0.101. The van der Waals surface area contributed by atoms with Gasteiger partial charge in [0.05, 0.1) is 16.8 Å². The van der Waals surface area contributed by atoms with Crippen LogP contribution in [0.1, 0.15) is 15.9 Å². The third kappa shape index (κ3) is 2.87. The number of hydrogen-bond donors (Lipinski definition) is 2. The Morgan fingerprint density at radius 2 is 2.05 bits per heavy atom. The average Bonchev–Trinajstić information content (AvgIpc) is 2.43. The van der Waals surface area contributed by atoms with Crippen molar-refractivity contribution in [3.63, 3.8) is 0 Å². The number of anilines is 1. The third-order valence-electron chi connectivity index (χ3n) is 2.55. The van der Waals surface area contributed by atoms with Gasteiger partial charge in [-0.25, -0.2) is 4.39 Å². The monoisotopic (exact) mass is 290 g/mol. The molecule has 0 bridgehead atoms. The Morgan fingerprint density at radius 1 is 1.30 bits per heavy atom. The van der Waals surface area contributed by atoms with E-state index in [2.05, 4.69) is 5.32 Å². The highest BCUT2D eigenvalue weighted by molar-refractivity contribution is 6.31. The Bertz CT molecular complexity index is 726. The molecule has 0 atom stereocenters. The number of carbonyl (C=O) groups excluding carboxylic acids is 1. The van der Waals surface area contributed by atoms with Gasteiger partial charge in [0.1, 0.15) is 17.6 Å². The molecular formula is C14H8ClFN2O2. The summed E-state index contributed by atoms with van der Waals surface area (Å²) in [6, 6.07) is 9.19. The molecule has 2 aromatic carbocycles. The lowest BCUT2D eigenvalue weighted by molar-refractivity contribution is 0.102. The molecule has 6 heteroatoms. The van der Waals surface area contributed by atoms with Crippen molar-refractivity contribution in [3.05, 3.63) is 58.4 Å². The smallest absolute Gasteiger partial charge is 0.259 e.